The fourth-order valence-corrected chi connectivity index (χ4v) is 5.98. The van der Waals surface area contributed by atoms with Gasteiger partial charge in [-0.1, -0.05) is 6.42 Å². The average Bonchev–Trinajstić information content (AvgIpc) is 2.69. The van der Waals surface area contributed by atoms with E-state index in [2.05, 4.69) is 4.98 Å². The Morgan fingerprint density at radius 2 is 2.11 bits per heavy atom. The van der Waals surface area contributed by atoms with E-state index in [1.165, 1.54) is 11.3 Å². The summed E-state index contributed by atoms with van der Waals surface area (Å²) in [5.74, 6) is 0. The van der Waals surface area contributed by atoms with Crippen LogP contribution in [0, 0.1) is 13.8 Å². The Bertz CT molecular complexity index is 551. The van der Waals surface area contributed by atoms with Crippen LogP contribution in [0.2, 0.25) is 0 Å². The quantitative estimate of drug-likeness (QED) is 0.921. The molecule has 1 aliphatic rings. The molecule has 2 N–H and O–H groups in total. The van der Waals surface area contributed by atoms with Gasteiger partial charge in [0.15, 0.2) is 4.21 Å². The summed E-state index contributed by atoms with van der Waals surface area (Å²) >= 11 is 1.25. The summed E-state index contributed by atoms with van der Waals surface area (Å²) in [4.78, 5) is 4.22. The molecule has 0 aliphatic carbocycles. The maximum absolute atomic E-state index is 12.8. The van der Waals surface area contributed by atoms with Crippen molar-refractivity contribution in [3.05, 3.63) is 10.7 Å². The van der Waals surface area contributed by atoms with Crippen molar-refractivity contribution in [2.45, 2.75) is 56.3 Å². The number of aryl methyl sites for hydroxylation is 2. The van der Waals surface area contributed by atoms with E-state index in [0.717, 1.165) is 24.3 Å². The molecule has 1 fully saturated rings. The van der Waals surface area contributed by atoms with Gasteiger partial charge in [0.1, 0.15) is 0 Å². The van der Waals surface area contributed by atoms with Gasteiger partial charge in [-0.15, -0.1) is 11.3 Å². The minimum Gasteiger partial charge on any atom is -0.326 e. The molecule has 2 atom stereocenters. The Kier molecular flexibility index (Phi) is 4.29. The third-order valence-electron chi connectivity index (χ3n) is 3.51. The SMILES string of the molecule is Cc1nc(C)c(S(=O)(=O)N2CCCC[C@@H]2[C@@H](C)N)s1. The van der Waals surface area contributed by atoms with Gasteiger partial charge in [-0.3, -0.25) is 0 Å². The van der Waals surface area contributed by atoms with Crippen LogP contribution in [0.1, 0.15) is 36.9 Å². The monoisotopic (exact) mass is 303 g/mol. The Hall–Kier alpha value is -0.500. The molecule has 0 bridgehead atoms. The second-order valence-corrected chi connectivity index (χ2v) is 8.43. The van der Waals surface area contributed by atoms with E-state index in [-0.39, 0.29) is 12.1 Å². The second kappa shape index (κ2) is 5.47. The van der Waals surface area contributed by atoms with Crippen LogP contribution >= 0.6 is 11.3 Å². The molecular formula is C12H21N3O2S2. The Balaban J connectivity index is 2.40. The van der Waals surface area contributed by atoms with E-state index in [4.69, 9.17) is 5.73 Å². The number of rotatable bonds is 3. The normalized spacial score (nSPS) is 23.5. The van der Waals surface area contributed by atoms with Crippen molar-refractivity contribution in [3.63, 3.8) is 0 Å². The van der Waals surface area contributed by atoms with Gasteiger partial charge < -0.3 is 5.73 Å². The fourth-order valence-electron chi connectivity index (χ4n) is 2.61. The van der Waals surface area contributed by atoms with Crippen molar-refractivity contribution in [3.8, 4) is 0 Å². The van der Waals surface area contributed by atoms with Crippen molar-refractivity contribution in [1.29, 1.82) is 0 Å². The minimum absolute atomic E-state index is 0.0967. The van der Waals surface area contributed by atoms with E-state index in [1.54, 1.807) is 11.2 Å². The lowest BCUT2D eigenvalue weighted by atomic mass is 10.00. The Morgan fingerprint density at radius 1 is 1.42 bits per heavy atom. The molecule has 19 heavy (non-hydrogen) atoms. The molecule has 108 valence electrons. The van der Waals surface area contributed by atoms with Gasteiger partial charge in [-0.2, -0.15) is 4.31 Å². The van der Waals surface area contributed by atoms with Gasteiger partial charge in [-0.05, 0) is 33.6 Å². The number of hydrogen-bond acceptors (Lipinski definition) is 5. The zero-order chi connectivity index (χ0) is 14.2. The number of aromatic nitrogens is 1. The van der Waals surface area contributed by atoms with Crippen LogP contribution in [0.3, 0.4) is 0 Å². The molecule has 0 spiro atoms. The summed E-state index contributed by atoms with van der Waals surface area (Å²) < 4.78 is 27.5. The predicted molar refractivity (Wildman–Crippen MR) is 76.8 cm³/mol. The summed E-state index contributed by atoms with van der Waals surface area (Å²) in [7, 11) is -3.46. The summed E-state index contributed by atoms with van der Waals surface area (Å²) in [6.45, 7) is 6.02. The topological polar surface area (TPSA) is 76.3 Å². The molecule has 5 nitrogen and oxygen atoms in total. The van der Waals surface area contributed by atoms with Crippen LogP contribution < -0.4 is 5.73 Å². The van der Waals surface area contributed by atoms with Gasteiger partial charge >= 0.3 is 0 Å². The van der Waals surface area contributed by atoms with Crippen LogP contribution in [0.25, 0.3) is 0 Å². The van der Waals surface area contributed by atoms with Crippen LogP contribution in [-0.4, -0.2) is 36.3 Å². The number of nitrogens with zero attached hydrogens (tertiary/aromatic N) is 2. The molecule has 0 radical (unpaired) electrons. The number of thiazole rings is 1. The first-order valence-corrected chi connectivity index (χ1v) is 8.81. The lowest BCUT2D eigenvalue weighted by molar-refractivity contribution is 0.227. The summed E-state index contributed by atoms with van der Waals surface area (Å²) in [6.07, 6.45) is 2.78. The zero-order valence-electron chi connectivity index (χ0n) is 11.6. The number of nitrogens with two attached hydrogens (primary N) is 1. The smallest absolute Gasteiger partial charge is 0.254 e. The van der Waals surface area contributed by atoms with Crippen LogP contribution in [0.4, 0.5) is 0 Å². The van der Waals surface area contributed by atoms with E-state index in [1.807, 2.05) is 13.8 Å². The third kappa shape index (κ3) is 2.84. The van der Waals surface area contributed by atoms with Crippen molar-refractivity contribution in [2.24, 2.45) is 5.73 Å². The van der Waals surface area contributed by atoms with E-state index >= 15 is 0 Å². The fraction of sp³-hybridized carbons (Fsp3) is 0.750. The van der Waals surface area contributed by atoms with E-state index < -0.39 is 10.0 Å². The lowest BCUT2D eigenvalue weighted by Gasteiger charge is -2.36. The van der Waals surface area contributed by atoms with Crippen LogP contribution in [0.15, 0.2) is 4.21 Å². The van der Waals surface area contributed by atoms with Crippen molar-refractivity contribution >= 4 is 21.4 Å². The highest BCUT2D eigenvalue weighted by Crippen LogP contribution is 2.31. The summed E-state index contributed by atoms with van der Waals surface area (Å²) in [6, 6.07) is -0.245. The van der Waals surface area contributed by atoms with E-state index in [9.17, 15) is 8.42 Å². The molecule has 1 aromatic rings. The Labute approximate surface area is 118 Å². The number of sulfonamides is 1. The first-order chi connectivity index (χ1) is 8.84. The van der Waals surface area contributed by atoms with Crippen LogP contribution in [-0.2, 0) is 10.0 Å². The molecule has 2 rings (SSSR count). The van der Waals surface area contributed by atoms with Gasteiger partial charge in [0.05, 0.1) is 10.7 Å². The number of piperidine rings is 1. The highest BCUT2D eigenvalue weighted by Gasteiger charge is 2.37. The second-order valence-electron chi connectivity index (χ2n) is 5.14. The first kappa shape index (κ1) is 14.9. The highest BCUT2D eigenvalue weighted by molar-refractivity contribution is 7.91. The van der Waals surface area contributed by atoms with Crippen LogP contribution in [0.5, 0.6) is 0 Å². The summed E-state index contributed by atoms with van der Waals surface area (Å²) in [5.41, 5.74) is 6.55. The van der Waals surface area contributed by atoms with E-state index in [0.29, 0.717) is 16.4 Å². The molecule has 1 aliphatic heterocycles. The highest BCUT2D eigenvalue weighted by atomic mass is 32.2. The van der Waals surface area contributed by atoms with Gasteiger partial charge in [-0.25, -0.2) is 13.4 Å². The molecule has 7 heteroatoms. The molecule has 0 aromatic carbocycles. The lowest BCUT2D eigenvalue weighted by Crippen LogP contribution is -2.51. The van der Waals surface area contributed by atoms with Gasteiger partial charge in [0.25, 0.3) is 10.0 Å². The Morgan fingerprint density at radius 3 is 2.63 bits per heavy atom. The first-order valence-electron chi connectivity index (χ1n) is 6.55. The molecule has 1 saturated heterocycles. The number of hydrogen-bond donors (Lipinski definition) is 1. The maximum Gasteiger partial charge on any atom is 0.254 e. The largest absolute Gasteiger partial charge is 0.326 e. The van der Waals surface area contributed by atoms with Crippen molar-refractivity contribution < 1.29 is 8.42 Å². The average molecular weight is 303 g/mol. The standard InChI is InChI=1S/C12H21N3O2S2/c1-8(13)11-6-4-5-7-15(11)19(16,17)12-9(2)14-10(3)18-12/h8,11H,4-7,13H2,1-3H3/t8-,11-/m1/s1. The molecule has 0 amide bonds. The molecule has 0 unspecified atom stereocenters. The van der Waals surface area contributed by atoms with Crippen molar-refractivity contribution in [1.82, 2.24) is 9.29 Å². The summed E-state index contributed by atoms with van der Waals surface area (Å²) in [5, 5.41) is 0.783. The van der Waals surface area contributed by atoms with Gasteiger partial charge in [0, 0.05) is 18.6 Å². The molecular weight excluding hydrogens is 282 g/mol. The molecule has 0 saturated carbocycles. The molecule has 2 heterocycles. The maximum atomic E-state index is 12.8. The molecule has 1 aromatic heterocycles. The third-order valence-corrected chi connectivity index (χ3v) is 7.09. The van der Waals surface area contributed by atoms with Crippen molar-refractivity contribution in [2.75, 3.05) is 6.54 Å². The van der Waals surface area contributed by atoms with Gasteiger partial charge in [0.2, 0.25) is 0 Å². The zero-order valence-corrected chi connectivity index (χ0v) is 13.2. The predicted octanol–water partition coefficient (Wildman–Crippen LogP) is 1.65. The minimum atomic E-state index is -3.46.